The lowest BCUT2D eigenvalue weighted by Gasteiger charge is -2.18. The maximum atomic E-state index is 12.7. The highest BCUT2D eigenvalue weighted by Gasteiger charge is 2.23. The average molecular weight is 395 g/mol. The number of aromatic nitrogens is 2. The molecule has 0 aliphatic heterocycles. The molecule has 3 N–H and O–H groups in total. The fraction of sp³-hybridized carbons (Fsp3) is 0.190. The van der Waals surface area contributed by atoms with E-state index in [2.05, 4.69) is 26.9 Å². The molecule has 0 unspecified atom stereocenters. The van der Waals surface area contributed by atoms with E-state index < -0.39 is 6.04 Å². The lowest BCUT2D eigenvalue weighted by Crippen LogP contribution is -2.37. The van der Waals surface area contributed by atoms with Gasteiger partial charge in [0, 0.05) is 11.1 Å². The van der Waals surface area contributed by atoms with Crippen LogP contribution in [0.4, 0.5) is 5.69 Å². The number of carbonyl (C=O) groups is 2. The summed E-state index contributed by atoms with van der Waals surface area (Å²) in [5.41, 5.74) is 3.54. The minimum Gasteiger partial charge on any atom is -0.340 e. The number of rotatable bonds is 7. The summed E-state index contributed by atoms with van der Waals surface area (Å²) in [6, 6.07) is 14.5. The second-order valence-corrected chi connectivity index (χ2v) is 7.46. The molecule has 0 saturated heterocycles. The maximum Gasteiger partial charge on any atom is 0.251 e. The molecule has 0 saturated carbocycles. The van der Waals surface area contributed by atoms with Crippen molar-refractivity contribution in [1.29, 1.82) is 0 Å². The van der Waals surface area contributed by atoms with Crippen LogP contribution in [0, 0.1) is 13.8 Å². The number of aryl methyl sites for hydroxylation is 2. The van der Waals surface area contributed by atoms with Gasteiger partial charge in [-0.25, -0.2) is 0 Å². The van der Waals surface area contributed by atoms with Gasteiger partial charge in [-0.1, -0.05) is 48.0 Å². The molecule has 1 heterocycles. The van der Waals surface area contributed by atoms with E-state index in [0.29, 0.717) is 11.3 Å². The standard InChI is InChI=1S/C21H22N4O2S/c1-14-8-9-15(2)18(10-14)28-13-19(26)25-20(16-6-4-3-5-7-16)21(27)24-17-11-22-23-12-17/h3-12,20H,13H2,1-2H3,(H,22,23)(H,24,27)(H,25,26)/t20-/m1/s1. The summed E-state index contributed by atoms with van der Waals surface area (Å²) in [6.07, 6.45) is 3.09. The van der Waals surface area contributed by atoms with Gasteiger partial charge < -0.3 is 10.6 Å². The average Bonchev–Trinajstić information content (AvgIpc) is 3.20. The Morgan fingerprint density at radius 1 is 1.14 bits per heavy atom. The predicted octanol–water partition coefficient (Wildman–Crippen LogP) is 3.61. The van der Waals surface area contributed by atoms with Gasteiger partial charge in [0.25, 0.3) is 5.91 Å². The van der Waals surface area contributed by atoms with Crippen molar-refractivity contribution in [2.45, 2.75) is 24.8 Å². The first-order valence-electron chi connectivity index (χ1n) is 8.87. The highest BCUT2D eigenvalue weighted by Crippen LogP contribution is 2.24. The van der Waals surface area contributed by atoms with Crippen molar-refractivity contribution in [3.05, 3.63) is 77.6 Å². The first kappa shape index (κ1) is 19.7. The number of carbonyl (C=O) groups excluding carboxylic acids is 2. The number of nitrogens with zero attached hydrogens (tertiary/aromatic N) is 1. The van der Waals surface area contributed by atoms with Crippen molar-refractivity contribution in [1.82, 2.24) is 15.5 Å². The van der Waals surface area contributed by atoms with Gasteiger partial charge in [0.05, 0.1) is 17.6 Å². The number of anilines is 1. The molecule has 144 valence electrons. The lowest BCUT2D eigenvalue weighted by atomic mass is 10.1. The third kappa shape index (κ3) is 5.23. The fourth-order valence-electron chi connectivity index (χ4n) is 2.69. The van der Waals surface area contributed by atoms with Gasteiger partial charge >= 0.3 is 0 Å². The number of hydrogen-bond donors (Lipinski definition) is 3. The minimum atomic E-state index is -0.789. The Kier molecular flexibility index (Phi) is 6.49. The van der Waals surface area contributed by atoms with Gasteiger partial charge in [-0.2, -0.15) is 5.10 Å². The van der Waals surface area contributed by atoms with Gasteiger partial charge in [0.1, 0.15) is 6.04 Å². The second-order valence-electron chi connectivity index (χ2n) is 6.45. The zero-order valence-electron chi connectivity index (χ0n) is 15.7. The number of nitrogens with one attached hydrogen (secondary N) is 3. The molecule has 2 aromatic carbocycles. The van der Waals surface area contributed by atoms with Gasteiger partial charge in [-0.05, 0) is 31.0 Å². The Bertz CT molecular complexity index is 942. The molecule has 0 aliphatic rings. The van der Waals surface area contributed by atoms with Gasteiger partial charge in [0.15, 0.2) is 0 Å². The van der Waals surface area contributed by atoms with Crippen LogP contribution in [0.2, 0.25) is 0 Å². The molecule has 3 rings (SSSR count). The van der Waals surface area contributed by atoms with Crippen LogP contribution in [0.1, 0.15) is 22.7 Å². The van der Waals surface area contributed by atoms with Crippen LogP contribution >= 0.6 is 11.8 Å². The highest BCUT2D eigenvalue weighted by molar-refractivity contribution is 8.00. The van der Waals surface area contributed by atoms with E-state index in [1.165, 1.54) is 18.0 Å². The van der Waals surface area contributed by atoms with Crippen LogP contribution in [0.5, 0.6) is 0 Å². The first-order chi connectivity index (χ1) is 13.5. The van der Waals surface area contributed by atoms with Crippen LogP contribution in [-0.2, 0) is 9.59 Å². The number of thioether (sulfide) groups is 1. The molecule has 0 radical (unpaired) electrons. The van der Waals surface area contributed by atoms with E-state index in [9.17, 15) is 9.59 Å². The van der Waals surface area contributed by atoms with E-state index in [4.69, 9.17) is 0 Å². The van der Waals surface area contributed by atoms with Crippen molar-refractivity contribution in [3.8, 4) is 0 Å². The largest absolute Gasteiger partial charge is 0.340 e. The molecule has 28 heavy (non-hydrogen) atoms. The SMILES string of the molecule is Cc1ccc(C)c(SCC(=O)N[C@@H](C(=O)Nc2cn[nH]c2)c2ccccc2)c1. The number of hydrogen-bond acceptors (Lipinski definition) is 4. The van der Waals surface area contributed by atoms with Crippen LogP contribution < -0.4 is 10.6 Å². The Morgan fingerprint density at radius 2 is 1.93 bits per heavy atom. The highest BCUT2D eigenvalue weighted by atomic mass is 32.2. The third-order valence-corrected chi connectivity index (χ3v) is 5.33. The van der Waals surface area contributed by atoms with Gasteiger partial charge in [-0.15, -0.1) is 11.8 Å². The maximum absolute atomic E-state index is 12.7. The van der Waals surface area contributed by atoms with Crippen LogP contribution in [0.3, 0.4) is 0 Å². The summed E-state index contributed by atoms with van der Waals surface area (Å²) in [6.45, 7) is 4.04. The first-order valence-corrected chi connectivity index (χ1v) is 9.85. The zero-order valence-corrected chi connectivity index (χ0v) is 16.5. The quantitative estimate of drug-likeness (QED) is 0.534. The van der Waals surface area contributed by atoms with Crippen molar-refractivity contribution >= 4 is 29.3 Å². The Labute approximate surface area is 168 Å². The smallest absolute Gasteiger partial charge is 0.251 e. The Balaban J connectivity index is 1.69. The van der Waals surface area contributed by atoms with Crippen LogP contribution in [0.15, 0.2) is 65.8 Å². The van der Waals surface area contributed by atoms with E-state index in [-0.39, 0.29) is 17.6 Å². The molecule has 0 spiro atoms. The summed E-state index contributed by atoms with van der Waals surface area (Å²) >= 11 is 1.46. The summed E-state index contributed by atoms with van der Waals surface area (Å²) in [5.74, 6) is -0.299. The lowest BCUT2D eigenvalue weighted by molar-refractivity contribution is -0.125. The normalized spacial score (nSPS) is 11.6. The van der Waals surface area contributed by atoms with E-state index >= 15 is 0 Å². The Hall–Kier alpha value is -3.06. The monoisotopic (exact) mass is 394 g/mol. The molecule has 1 atom stereocenters. The number of amides is 2. The molecule has 3 aromatic rings. The second kappa shape index (κ2) is 9.23. The van der Waals surface area contributed by atoms with Gasteiger partial charge in [-0.3, -0.25) is 14.7 Å². The third-order valence-electron chi connectivity index (χ3n) is 4.17. The molecular formula is C21H22N4O2S. The topological polar surface area (TPSA) is 86.9 Å². The zero-order chi connectivity index (χ0) is 19.9. The van der Waals surface area contributed by atoms with Gasteiger partial charge in [0.2, 0.25) is 5.91 Å². The summed E-state index contributed by atoms with van der Waals surface area (Å²) in [5, 5.41) is 12.1. The van der Waals surface area contributed by atoms with Crippen molar-refractivity contribution in [2.24, 2.45) is 0 Å². The molecule has 0 bridgehead atoms. The Morgan fingerprint density at radius 3 is 2.64 bits per heavy atom. The molecule has 7 heteroatoms. The predicted molar refractivity (Wildman–Crippen MR) is 111 cm³/mol. The minimum absolute atomic E-state index is 0.206. The number of aromatic amines is 1. The summed E-state index contributed by atoms with van der Waals surface area (Å²) in [4.78, 5) is 26.4. The summed E-state index contributed by atoms with van der Waals surface area (Å²) in [7, 11) is 0. The molecule has 1 aromatic heterocycles. The fourth-order valence-corrected chi connectivity index (χ4v) is 3.62. The molecule has 0 fully saturated rings. The molecular weight excluding hydrogens is 372 g/mol. The number of benzene rings is 2. The van der Waals surface area contributed by atoms with Crippen molar-refractivity contribution < 1.29 is 9.59 Å². The molecule has 0 aliphatic carbocycles. The molecule has 6 nitrogen and oxygen atoms in total. The van der Waals surface area contributed by atoms with Crippen molar-refractivity contribution in [3.63, 3.8) is 0 Å². The van der Waals surface area contributed by atoms with Crippen LogP contribution in [0.25, 0.3) is 0 Å². The van der Waals surface area contributed by atoms with E-state index in [1.54, 1.807) is 6.20 Å². The van der Waals surface area contributed by atoms with E-state index in [1.807, 2.05) is 56.3 Å². The molecule has 2 amide bonds. The number of H-pyrrole nitrogens is 1. The van der Waals surface area contributed by atoms with Crippen molar-refractivity contribution in [2.75, 3.05) is 11.1 Å². The van der Waals surface area contributed by atoms with E-state index in [0.717, 1.165) is 16.0 Å². The summed E-state index contributed by atoms with van der Waals surface area (Å²) < 4.78 is 0. The van der Waals surface area contributed by atoms with Crippen LogP contribution in [-0.4, -0.2) is 27.8 Å².